The molecule has 150 valence electrons. The molecule has 2 aliphatic rings. The van der Waals surface area contributed by atoms with E-state index in [0.29, 0.717) is 38.7 Å². The van der Waals surface area contributed by atoms with Gasteiger partial charge in [0, 0.05) is 45.2 Å². The highest BCUT2D eigenvalue weighted by Crippen LogP contribution is 2.47. The first-order valence-corrected chi connectivity index (χ1v) is 9.28. The van der Waals surface area contributed by atoms with Gasteiger partial charge < -0.3 is 10.2 Å². The average Bonchev–Trinajstić information content (AvgIpc) is 3.43. The highest BCUT2D eigenvalue weighted by molar-refractivity contribution is 5.80. The van der Waals surface area contributed by atoms with E-state index in [1.54, 1.807) is 7.05 Å². The van der Waals surface area contributed by atoms with Gasteiger partial charge in [-0.15, -0.1) is 0 Å². The van der Waals surface area contributed by atoms with Crippen LogP contribution in [-0.4, -0.2) is 67.7 Å². The first kappa shape index (κ1) is 19.9. The second-order valence-electron chi connectivity index (χ2n) is 7.43. The van der Waals surface area contributed by atoms with E-state index in [-0.39, 0.29) is 11.2 Å². The number of halogens is 4. The Morgan fingerprint density at radius 3 is 2.22 bits per heavy atom. The second-order valence-corrected chi connectivity index (χ2v) is 7.43. The van der Waals surface area contributed by atoms with E-state index in [2.05, 4.69) is 10.3 Å². The third kappa shape index (κ3) is 4.54. The lowest BCUT2D eigenvalue weighted by Crippen LogP contribution is -2.57. The molecule has 3 rings (SSSR count). The number of nitrogens with one attached hydrogen (secondary N) is 1. The standard InChI is InChI=1S/C19H26F4N4/c1-14(19(21,22)23)26-9-11-27(12-10-26)17(24-2)25-13-18(7-8-18)15-3-5-16(20)6-4-15/h3-6,14H,7-13H2,1-2H3,(H,24,25). The average molecular weight is 386 g/mol. The van der Waals surface area contributed by atoms with Crippen LogP contribution in [0.4, 0.5) is 17.6 Å². The highest BCUT2D eigenvalue weighted by Gasteiger charge is 2.44. The van der Waals surface area contributed by atoms with Gasteiger partial charge in [-0.3, -0.25) is 9.89 Å². The van der Waals surface area contributed by atoms with Crippen molar-refractivity contribution in [2.75, 3.05) is 39.8 Å². The third-order valence-corrected chi connectivity index (χ3v) is 5.74. The summed E-state index contributed by atoms with van der Waals surface area (Å²) in [5, 5.41) is 3.37. The number of benzene rings is 1. The Hall–Kier alpha value is -1.83. The molecule has 1 heterocycles. The quantitative estimate of drug-likeness (QED) is 0.490. The van der Waals surface area contributed by atoms with Crippen molar-refractivity contribution in [3.8, 4) is 0 Å². The SMILES string of the molecule is CN=C(NCC1(c2ccc(F)cc2)CC1)N1CCN(C(C)C(F)(F)F)CC1. The van der Waals surface area contributed by atoms with Crippen LogP contribution in [0.2, 0.25) is 0 Å². The van der Waals surface area contributed by atoms with Crippen LogP contribution in [0, 0.1) is 5.82 Å². The molecule has 0 spiro atoms. The largest absolute Gasteiger partial charge is 0.403 e. The number of nitrogens with zero attached hydrogens (tertiary/aromatic N) is 3. The van der Waals surface area contributed by atoms with Crippen molar-refractivity contribution in [1.82, 2.24) is 15.1 Å². The molecule has 1 N–H and O–H groups in total. The van der Waals surface area contributed by atoms with E-state index in [0.717, 1.165) is 18.4 Å². The van der Waals surface area contributed by atoms with E-state index in [1.165, 1.54) is 24.0 Å². The van der Waals surface area contributed by atoms with Gasteiger partial charge in [0.25, 0.3) is 0 Å². The fourth-order valence-electron chi connectivity index (χ4n) is 3.63. The van der Waals surface area contributed by atoms with E-state index in [1.807, 2.05) is 17.0 Å². The Labute approximate surface area is 157 Å². The van der Waals surface area contributed by atoms with Crippen LogP contribution in [-0.2, 0) is 5.41 Å². The number of hydrogen-bond acceptors (Lipinski definition) is 2. The Bertz CT molecular complexity index is 659. The zero-order valence-electron chi connectivity index (χ0n) is 15.7. The van der Waals surface area contributed by atoms with Crippen molar-refractivity contribution >= 4 is 5.96 Å². The fourth-order valence-corrected chi connectivity index (χ4v) is 3.63. The number of piperazine rings is 1. The van der Waals surface area contributed by atoms with Crippen molar-refractivity contribution in [2.45, 2.75) is 37.4 Å². The summed E-state index contributed by atoms with van der Waals surface area (Å²) in [6, 6.07) is 5.17. The summed E-state index contributed by atoms with van der Waals surface area (Å²) in [6.07, 6.45) is -2.14. The smallest absolute Gasteiger partial charge is 0.355 e. The molecule has 0 amide bonds. The molecule has 1 saturated heterocycles. The molecule has 1 saturated carbocycles. The molecule has 0 aromatic heterocycles. The van der Waals surface area contributed by atoms with E-state index in [9.17, 15) is 17.6 Å². The van der Waals surface area contributed by atoms with Gasteiger partial charge in [-0.05, 0) is 37.5 Å². The van der Waals surface area contributed by atoms with Crippen molar-refractivity contribution in [3.63, 3.8) is 0 Å². The normalized spacial score (nSPS) is 21.9. The zero-order valence-corrected chi connectivity index (χ0v) is 15.7. The highest BCUT2D eigenvalue weighted by atomic mass is 19.4. The predicted octanol–water partition coefficient (Wildman–Crippen LogP) is 3.00. The maximum atomic E-state index is 13.2. The molecule has 1 aromatic rings. The van der Waals surface area contributed by atoms with Gasteiger partial charge >= 0.3 is 6.18 Å². The summed E-state index contributed by atoms with van der Waals surface area (Å²) in [5.74, 6) is 0.465. The lowest BCUT2D eigenvalue weighted by Gasteiger charge is -2.40. The van der Waals surface area contributed by atoms with Gasteiger partial charge in [0.1, 0.15) is 11.9 Å². The molecule has 1 unspecified atom stereocenters. The number of alkyl halides is 3. The van der Waals surface area contributed by atoms with Crippen LogP contribution < -0.4 is 5.32 Å². The van der Waals surface area contributed by atoms with E-state index < -0.39 is 12.2 Å². The van der Waals surface area contributed by atoms with Crippen LogP contribution in [0.5, 0.6) is 0 Å². The summed E-state index contributed by atoms with van der Waals surface area (Å²) < 4.78 is 51.8. The molecule has 1 aliphatic heterocycles. The molecule has 8 heteroatoms. The Kier molecular flexibility index (Phi) is 5.65. The summed E-state index contributed by atoms with van der Waals surface area (Å²) in [5.41, 5.74) is 1.10. The summed E-state index contributed by atoms with van der Waals surface area (Å²) in [4.78, 5) is 7.76. The lowest BCUT2D eigenvalue weighted by molar-refractivity contribution is -0.181. The van der Waals surface area contributed by atoms with Crippen molar-refractivity contribution in [3.05, 3.63) is 35.6 Å². The van der Waals surface area contributed by atoms with Gasteiger partial charge in [0.2, 0.25) is 0 Å². The molecule has 0 radical (unpaired) electrons. The Morgan fingerprint density at radius 1 is 1.15 bits per heavy atom. The molecule has 0 bridgehead atoms. The van der Waals surface area contributed by atoms with E-state index >= 15 is 0 Å². The molecular formula is C19H26F4N4. The monoisotopic (exact) mass is 386 g/mol. The maximum Gasteiger partial charge on any atom is 0.403 e. The minimum atomic E-state index is -4.20. The van der Waals surface area contributed by atoms with Crippen LogP contribution in [0.25, 0.3) is 0 Å². The molecule has 1 aliphatic carbocycles. The van der Waals surface area contributed by atoms with Gasteiger partial charge in [-0.2, -0.15) is 13.2 Å². The first-order chi connectivity index (χ1) is 12.7. The number of aliphatic imine (C=N–C) groups is 1. The van der Waals surface area contributed by atoms with Crippen LogP contribution >= 0.6 is 0 Å². The van der Waals surface area contributed by atoms with Crippen LogP contribution in [0.15, 0.2) is 29.3 Å². The second kappa shape index (κ2) is 7.66. The number of rotatable bonds is 4. The summed E-state index contributed by atoms with van der Waals surface area (Å²) in [6.45, 7) is 3.61. The number of hydrogen-bond donors (Lipinski definition) is 1. The topological polar surface area (TPSA) is 30.9 Å². The maximum absolute atomic E-state index is 13.2. The molecule has 1 aromatic carbocycles. The lowest BCUT2D eigenvalue weighted by atomic mass is 9.96. The Balaban J connectivity index is 1.54. The fraction of sp³-hybridized carbons (Fsp3) is 0.632. The van der Waals surface area contributed by atoms with E-state index in [4.69, 9.17) is 0 Å². The van der Waals surface area contributed by atoms with Crippen molar-refractivity contribution in [2.24, 2.45) is 4.99 Å². The van der Waals surface area contributed by atoms with Gasteiger partial charge in [0.15, 0.2) is 5.96 Å². The number of guanidine groups is 1. The minimum absolute atomic E-state index is 0.00371. The van der Waals surface area contributed by atoms with Gasteiger partial charge in [-0.1, -0.05) is 12.1 Å². The molecular weight excluding hydrogens is 360 g/mol. The van der Waals surface area contributed by atoms with Crippen LogP contribution in [0.3, 0.4) is 0 Å². The summed E-state index contributed by atoms with van der Waals surface area (Å²) in [7, 11) is 1.69. The summed E-state index contributed by atoms with van der Waals surface area (Å²) >= 11 is 0. The zero-order chi connectivity index (χ0) is 19.7. The molecule has 1 atom stereocenters. The Morgan fingerprint density at radius 2 is 1.74 bits per heavy atom. The molecule has 27 heavy (non-hydrogen) atoms. The minimum Gasteiger partial charge on any atom is -0.355 e. The van der Waals surface area contributed by atoms with Crippen molar-refractivity contribution in [1.29, 1.82) is 0 Å². The predicted molar refractivity (Wildman–Crippen MR) is 97.3 cm³/mol. The molecule has 4 nitrogen and oxygen atoms in total. The van der Waals surface area contributed by atoms with Gasteiger partial charge in [-0.25, -0.2) is 4.39 Å². The molecule has 2 fully saturated rings. The van der Waals surface area contributed by atoms with Gasteiger partial charge in [0.05, 0.1) is 0 Å². The van der Waals surface area contributed by atoms with Crippen molar-refractivity contribution < 1.29 is 17.6 Å². The third-order valence-electron chi connectivity index (χ3n) is 5.74. The van der Waals surface area contributed by atoms with Crippen LogP contribution in [0.1, 0.15) is 25.3 Å². The first-order valence-electron chi connectivity index (χ1n) is 9.28.